The minimum Gasteiger partial charge on any atom is -0.496 e. The van der Waals surface area contributed by atoms with Crippen molar-refractivity contribution < 1.29 is 9.26 Å². The fraction of sp³-hybridized carbons (Fsp3) is 0.556. The van der Waals surface area contributed by atoms with Crippen LogP contribution < -0.4 is 4.74 Å². The molecule has 1 aliphatic rings. The van der Waals surface area contributed by atoms with Crippen molar-refractivity contribution in [2.24, 2.45) is 5.92 Å². The van der Waals surface area contributed by atoms with Crippen LogP contribution >= 0.6 is 0 Å². The molecule has 0 atom stereocenters. The van der Waals surface area contributed by atoms with Crippen molar-refractivity contribution in [3.05, 3.63) is 29.6 Å². The number of methoxy groups -OCH3 is 1. The third-order valence-electron chi connectivity index (χ3n) is 4.76. The predicted molar refractivity (Wildman–Crippen MR) is 89.3 cm³/mol. The lowest BCUT2D eigenvalue weighted by Gasteiger charge is -2.30. The summed E-state index contributed by atoms with van der Waals surface area (Å²) in [5, 5.41) is 4.14. The molecule has 3 rings (SSSR count). The molecule has 124 valence electrons. The van der Waals surface area contributed by atoms with E-state index in [9.17, 15) is 0 Å². The van der Waals surface area contributed by atoms with Gasteiger partial charge in [0.05, 0.1) is 13.7 Å². The summed E-state index contributed by atoms with van der Waals surface area (Å²) in [5.74, 6) is 3.10. The van der Waals surface area contributed by atoms with Crippen molar-refractivity contribution in [3.63, 3.8) is 0 Å². The van der Waals surface area contributed by atoms with Crippen LogP contribution in [0, 0.1) is 12.8 Å². The van der Waals surface area contributed by atoms with Gasteiger partial charge in [0.2, 0.25) is 0 Å². The highest BCUT2D eigenvalue weighted by atomic mass is 16.5. The van der Waals surface area contributed by atoms with Gasteiger partial charge < -0.3 is 9.26 Å². The first-order valence-electron chi connectivity index (χ1n) is 8.39. The van der Waals surface area contributed by atoms with Gasteiger partial charge in [0, 0.05) is 5.56 Å². The molecule has 2 heterocycles. The van der Waals surface area contributed by atoms with Gasteiger partial charge in [-0.15, -0.1) is 0 Å². The zero-order valence-electron chi connectivity index (χ0n) is 14.2. The number of nitrogens with zero attached hydrogens (tertiary/aromatic N) is 3. The Hall–Kier alpha value is -1.88. The van der Waals surface area contributed by atoms with Crippen molar-refractivity contribution in [2.45, 2.75) is 39.7 Å². The van der Waals surface area contributed by atoms with Gasteiger partial charge in [-0.25, -0.2) is 0 Å². The fourth-order valence-electron chi connectivity index (χ4n) is 3.20. The summed E-state index contributed by atoms with van der Waals surface area (Å²) < 4.78 is 10.7. The number of likely N-dealkylation sites (tertiary alicyclic amines) is 1. The topological polar surface area (TPSA) is 51.4 Å². The van der Waals surface area contributed by atoms with Crippen LogP contribution in [0.5, 0.6) is 5.75 Å². The lowest BCUT2D eigenvalue weighted by Crippen LogP contribution is -2.33. The Balaban J connectivity index is 1.65. The summed E-state index contributed by atoms with van der Waals surface area (Å²) in [7, 11) is 1.68. The minimum atomic E-state index is 0.578. The Morgan fingerprint density at radius 1 is 1.30 bits per heavy atom. The van der Waals surface area contributed by atoms with Crippen LogP contribution in [0.2, 0.25) is 0 Å². The Morgan fingerprint density at radius 2 is 2.09 bits per heavy atom. The van der Waals surface area contributed by atoms with E-state index in [0.717, 1.165) is 48.3 Å². The molecule has 1 saturated heterocycles. The second-order valence-electron chi connectivity index (χ2n) is 6.33. The average molecular weight is 315 g/mol. The number of hydrogen-bond acceptors (Lipinski definition) is 5. The molecule has 1 aromatic heterocycles. The summed E-state index contributed by atoms with van der Waals surface area (Å²) in [5.41, 5.74) is 2.00. The molecule has 1 aliphatic heterocycles. The second-order valence-corrected chi connectivity index (χ2v) is 6.33. The maximum absolute atomic E-state index is 5.43. The van der Waals surface area contributed by atoms with Crippen molar-refractivity contribution in [1.29, 1.82) is 0 Å². The predicted octanol–water partition coefficient (Wildman–Crippen LogP) is 3.68. The molecule has 0 amide bonds. The molecular formula is C18H25N3O2. The Labute approximate surface area is 137 Å². The molecule has 1 aromatic carbocycles. The molecule has 5 heteroatoms. The van der Waals surface area contributed by atoms with Crippen molar-refractivity contribution in [2.75, 3.05) is 20.2 Å². The number of ether oxygens (including phenoxy) is 1. The smallest absolute Gasteiger partial charge is 0.257 e. The van der Waals surface area contributed by atoms with Crippen molar-refractivity contribution in [1.82, 2.24) is 15.0 Å². The molecule has 0 spiro atoms. The molecule has 23 heavy (non-hydrogen) atoms. The largest absolute Gasteiger partial charge is 0.496 e. The van der Waals surface area contributed by atoms with E-state index in [4.69, 9.17) is 9.26 Å². The Bertz CT molecular complexity index is 645. The van der Waals surface area contributed by atoms with Gasteiger partial charge in [-0.2, -0.15) is 4.98 Å². The van der Waals surface area contributed by atoms with Crippen molar-refractivity contribution >= 4 is 0 Å². The lowest BCUT2D eigenvalue weighted by atomic mass is 9.94. The van der Waals surface area contributed by atoms with E-state index in [1.54, 1.807) is 7.11 Å². The number of hydrogen-bond donors (Lipinski definition) is 0. The maximum Gasteiger partial charge on any atom is 0.257 e. The molecule has 0 N–H and O–H groups in total. The van der Waals surface area contributed by atoms with Crippen LogP contribution in [0.4, 0.5) is 0 Å². The number of piperidine rings is 1. The van der Waals surface area contributed by atoms with E-state index in [1.807, 2.05) is 25.1 Å². The molecule has 0 radical (unpaired) electrons. The fourth-order valence-corrected chi connectivity index (χ4v) is 3.20. The quantitative estimate of drug-likeness (QED) is 0.842. The first kappa shape index (κ1) is 16.0. The first-order chi connectivity index (χ1) is 11.2. The maximum atomic E-state index is 5.43. The normalized spacial score (nSPS) is 16.7. The number of aryl methyl sites for hydroxylation is 1. The summed E-state index contributed by atoms with van der Waals surface area (Å²) in [6.45, 7) is 7.32. The SMILES string of the molecule is CCC1CCN(Cc2noc(-c3ccc(OC)c(C)c3)n2)CC1. The standard InChI is InChI=1S/C18H25N3O2/c1-4-14-7-9-21(10-8-14)12-17-19-18(23-20-17)15-5-6-16(22-3)13(2)11-15/h5-6,11,14H,4,7-10,12H2,1-3H3. The number of rotatable bonds is 5. The van der Waals surface area contributed by atoms with Crippen LogP contribution in [0.15, 0.2) is 22.7 Å². The monoisotopic (exact) mass is 315 g/mol. The van der Waals surface area contributed by atoms with Crippen LogP contribution in [0.3, 0.4) is 0 Å². The molecule has 0 bridgehead atoms. The zero-order chi connectivity index (χ0) is 16.2. The average Bonchev–Trinajstić information content (AvgIpc) is 3.04. The van der Waals surface area contributed by atoms with Gasteiger partial charge in [-0.1, -0.05) is 18.5 Å². The summed E-state index contributed by atoms with van der Waals surface area (Å²) in [4.78, 5) is 6.97. The molecule has 5 nitrogen and oxygen atoms in total. The van der Waals surface area contributed by atoms with Gasteiger partial charge in [0.15, 0.2) is 5.82 Å². The zero-order valence-corrected chi connectivity index (χ0v) is 14.2. The van der Waals surface area contributed by atoms with E-state index in [2.05, 4.69) is 22.0 Å². The van der Waals surface area contributed by atoms with Crippen LogP contribution in [0.25, 0.3) is 11.5 Å². The second kappa shape index (κ2) is 7.13. The lowest BCUT2D eigenvalue weighted by molar-refractivity contribution is 0.170. The van der Waals surface area contributed by atoms with Gasteiger partial charge in [0.1, 0.15) is 5.75 Å². The van der Waals surface area contributed by atoms with Crippen LogP contribution in [-0.2, 0) is 6.54 Å². The van der Waals surface area contributed by atoms with Gasteiger partial charge >= 0.3 is 0 Å². The highest BCUT2D eigenvalue weighted by Gasteiger charge is 2.20. The van der Waals surface area contributed by atoms with E-state index < -0.39 is 0 Å². The van der Waals surface area contributed by atoms with Gasteiger partial charge in [-0.05, 0) is 62.5 Å². The molecule has 0 unspecified atom stereocenters. The molecular weight excluding hydrogens is 290 g/mol. The molecule has 0 saturated carbocycles. The third kappa shape index (κ3) is 3.72. The van der Waals surface area contributed by atoms with Gasteiger partial charge in [-0.3, -0.25) is 4.90 Å². The third-order valence-corrected chi connectivity index (χ3v) is 4.76. The highest BCUT2D eigenvalue weighted by Crippen LogP contribution is 2.25. The van der Waals surface area contributed by atoms with Crippen LogP contribution in [-0.4, -0.2) is 35.2 Å². The van der Waals surface area contributed by atoms with Gasteiger partial charge in [0.25, 0.3) is 5.89 Å². The molecule has 2 aromatic rings. The summed E-state index contributed by atoms with van der Waals surface area (Å²) in [6, 6.07) is 5.91. The molecule has 1 fully saturated rings. The first-order valence-corrected chi connectivity index (χ1v) is 8.39. The van der Waals surface area contributed by atoms with E-state index in [1.165, 1.54) is 19.3 Å². The summed E-state index contributed by atoms with van der Waals surface area (Å²) in [6.07, 6.45) is 3.84. The van der Waals surface area contributed by atoms with E-state index in [-0.39, 0.29) is 0 Å². The van der Waals surface area contributed by atoms with E-state index in [0.29, 0.717) is 5.89 Å². The number of benzene rings is 1. The summed E-state index contributed by atoms with van der Waals surface area (Å²) >= 11 is 0. The minimum absolute atomic E-state index is 0.578. The Morgan fingerprint density at radius 3 is 2.74 bits per heavy atom. The van der Waals surface area contributed by atoms with E-state index >= 15 is 0 Å². The molecule has 0 aliphatic carbocycles. The van der Waals surface area contributed by atoms with Crippen LogP contribution in [0.1, 0.15) is 37.6 Å². The Kier molecular flexibility index (Phi) is 4.96. The highest BCUT2D eigenvalue weighted by molar-refractivity contribution is 5.56. The van der Waals surface area contributed by atoms with Crippen molar-refractivity contribution in [3.8, 4) is 17.2 Å². The number of aromatic nitrogens is 2.